The van der Waals surface area contributed by atoms with Crippen molar-refractivity contribution >= 4 is 23.7 Å². The summed E-state index contributed by atoms with van der Waals surface area (Å²) >= 11 is 0. The van der Waals surface area contributed by atoms with Gasteiger partial charge in [0.15, 0.2) is 23.0 Å². The Kier molecular flexibility index (Phi) is 9.12. The third kappa shape index (κ3) is 6.67. The van der Waals surface area contributed by atoms with Gasteiger partial charge in [0.1, 0.15) is 5.75 Å². The van der Waals surface area contributed by atoms with E-state index in [1.54, 1.807) is 74.9 Å². The molecule has 7 heteroatoms. The summed E-state index contributed by atoms with van der Waals surface area (Å²) in [7, 11) is 4.65. The van der Waals surface area contributed by atoms with E-state index in [4.69, 9.17) is 23.7 Å². The molecule has 0 bridgehead atoms. The molecule has 0 aliphatic rings. The molecule has 7 nitrogen and oxygen atoms in total. The van der Waals surface area contributed by atoms with Gasteiger partial charge in [-0.1, -0.05) is 18.2 Å². The van der Waals surface area contributed by atoms with Gasteiger partial charge in [0.05, 0.1) is 39.6 Å². The standard InChI is InChI=1S/C29H27NO6/c1-5-35-26-12-9-20(17-27(26)33-3)10-14-29(31)36-24-8-6-7-21(16-24)15-23(19-30)22-11-13-25(32-2)28(18-22)34-4/h6-18H,5H2,1-4H3/b14-10+,23-15-. The van der Waals surface area contributed by atoms with Crippen LogP contribution in [0.3, 0.4) is 0 Å². The molecule has 184 valence electrons. The van der Waals surface area contributed by atoms with Crippen molar-refractivity contribution in [2.75, 3.05) is 27.9 Å². The van der Waals surface area contributed by atoms with Crippen molar-refractivity contribution in [3.63, 3.8) is 0 Å². The molecule has 36 heavy (non-hydrogen) atoms. The monoisotopic (exact) mass is 485 g/mol. The Morgan fingerprint density at radius 2 is 1.58 bits per heavy atom. The van der Waals surface area contributed by atoms with Crippen LogP contribution in [0.15, 0.2) is 66.7 Å². The Bertz CT molecular complexity index is 1320. The third-order valence-corrected chi connectivity index (χ3v) is 5.10. The quantitative estimate of drug-likeness (QED) is 0.118. The lowest BCUT2D eigenvalue weighted by Crippen LogP contribution is -2.03. The SMILES string of the molecule is CCOc1ccc(/C=C/C(=O)Oc2cccc(/C=C(/C#N)c3ccc(OC)c(OC)c3)c2)cc1OC. The fraction of sp³-hybridized carbons (Fsp3) is 0.172. The van der Waals surface area contributed by atoms with Crippen LogP contribution >= 0.6 is 0 Å². The Morgan fingerprint density at radius 1 is 0.861 bits per heavy atom. The van der Waals surface area contributed by atoms with Gasteiger partial charge in [-0.3, -0.25) is 0 Å². The molecule has 0 amide bonds. The van der Waals surface area contributed by atoms with Gasteiger partial charge in [0.25, 0.3) is 0 Å². The summed E-state index contributed by atoms with van der Waals surface area (Å²) in [4.78, 5) is 12.4. The fourth-order valence-electron chi connectivity index (χ4n) is 3.40. The van der Waals surface area contributed by atoms with E-state index in [0.29, 0.717) is 52.1 Å². The van der Waals surface area contributed by atoms with Gasteiger partial charge in [0, 0.05) is 6.08 Å². The number of hydrogen-bond donors (Lipinski definition) is 0. The molecule has 3 rings (SSSR count). The number of carbonyl (C=O) groups is 1. The third-order valence-electron chi connectivity index (χ3n) is 5.10. The second-order valence-electron chi connectivity index (χ2n) is 7.41. The van der Waals surface area contributed by atoms with Crippen molar-refractivity contribution < 1.29 is 28.5 Å². The highest BCUT2D eigenvalue weighted by Gasteiger charge is 2.09. The van der Waals surface area contributed by atoms with Crippen molar-refractivity contribution in [2.45, 2.75) is 6.92 Å². The number of hydrogen-bond acceptors (Lipinski definition) is 7. The first-order valence-corrected chi connectivity index (χ1v) is 11.2. The molecule has 3 aromatic carbocycles. The molecule has 0 unspecified atom stereocenters. The van der Waals surface area contributed by atoms with E-state index >= 15 is 0 Å². The van der Waals surface area contributed by atoms with E-state index < -0.39 is 5.97 Å². The molecule has 0 spiro atoms. The predicted molar refractivity (Wildman–Crippen MR) is 138 cm³/mol. The molecular weight excluding hydrogens is 458 g/mol. The van der Waals surface area contributed by atoms with Crippen LogP contribution in [0.5, 0.6) is 28.7 Å². The molecule has 0 fully saturated rings. The molecule has 0 aliphatic carbocycles. The van der Waals surface area contributed by atoms with Crippen molar-refractivity contribution in [1.82, 2.24) is 0 Å². The van der Waals surface area contributed by atoms with Crippen LogP contribution < -0.4 is 23.7 Å². The molecule has 0 heterocycles. The average Bonchev–Trinajstić information content (AvgIpc) is 2.91. The van der Waals surface area contributed by atoms with Gasteiger partial charge < -0.3 is 23.7 Å². The number of carbonyl (C=O) groups excluding carboxylic acids is 1. The topological polar surface area (TPSA) is 87.0 Å². The maximum atomic E-state index is 12.4. The number of ether oxygens (including phenoxy) is 5. The summed E-state index contributed by atoms with van der Waals surface area (Å²) in [5.41, 5.74) is 2.56. The summed E-state index contributed by atoms with van der Waals surface area (Å²) in [6, 6.07) is 19.8. The zero-order valence-electron chi connectivity index (χ0n) is 20.6. The number of esters is 1. The molecule has 0 saturated heterocycles. The predicted octanol–water partition coefficient (Wildman–Crippen LogP) is 5.79. The maximum absolute atomic E-state index is 12.4. The second kappa shape index (κ2) is 12.7. The maximum Gasteiger partial charge on any atom is 0.336 e. The van der Waals surface area contributed by atoms with Gasteiger partial charge in [-0.25, -0.2) is 4.79 Å². The van der Waals surface area contributed by atoms with Crippen LogP contribution in [-0.2, 0) is 4.79 Å². The number of nitriles is 1. The van der Waals surface area contributed by atoms with Crippen LogP contribution in [0.1, 0.15) is 23.6 Å². The average molecular weight is 486 g/mol. The van der Waals surface area contributed by atoms with Gasteiger partial charge in [0.2, 0.25) is 0 Å². The van der Waals surface area contributed by atoms with Crippen LogP contribution in [0.25, 0.3) is 17.7 Å². The van der Waals surface area contributed by atoms with Crippen LogP contribution in [-0.4, -0.2) is 33.9 Å². The fourth-order valence-corrected chi connectivity index (χ4v) is 3.40. The van der Waals surface area contributed by atoms with Gasteiger partial charge in [-0.15, -0.1) is 0 Å². The van der Waals surface area contributed by atoms with Crippen molar-refractivity contribution in [1.29, 1.82) is 5.26 Å². The normalized spacial score (nSPS) is 11.0. The highest BCUT2D eigenvalue weighted by molar-refractivity contribution is 5.91. The van der Waals surface area contributed by atoms with E-state index in [-0.39, 0.29) is 0 Å². The lowest BCUT2D eigenvalue weighted by Gasteiger charge is -2.09. The van der Waals surface area contributed by atoms with E-state index in [1.165, 1.54) is 13.2 Å². The zero-order valence-corrected chi connectivity index (χ0v) is 20.6. The van der Waals surface area contributed by atoms with Gasteiger partial charge in [-0.2, -0.15) is 5.26 Å². The molecule has 3 aromatic rings. The minimum atomic E-state index is -0.538. The number of methoxy groups -OCH3 is 3. The minimum absolute atomic E-state index is 0.354. The Balaban J connectivity index is 1.75. The molecule has 0 aromatic heterocycles. The number of rotatable bonds is 10. The van der Waals surface area contributed by atoms with Crippen LogP contribution in [0, 0.1) is 11.3 Å². The van der Waals surface area contributed by atoms with E-state index in [0.717, 1.165) is 5.56 Å². The van der Waals surface area contributed by atoms with Crippen LogP contribution in [0.4, 0.5) is 0 Å². The second-order valence-corrected chi connectivity index (χ2v) is 7.41. The van der Waals surface area contributed by atoms with Crippen molar-refractivity contribution in [3.05, 3.63) is 83.4 Å². The molecular formula is C29H27NO6. The molecule has 0 N–H and O–H groups in total. The Morgan fingerprint density at radius 3 is 2.28 bits per heavy atom. The molecule has 0 radical (unpaired) electrons. The summed E-state index contributed by atoms with van der Waals surface area (Å²) in [6.07, 6.45) is 4.68. The summed E-state index contributed by atoms with van der Waals surface area (Å²) in [6.45, 7) is 2.42. The van der Waals surface area contributed by atoms with Gasteiger partial charge >= 0.3 is 5.97 Å². The minimum Gasteiger partial charge on any atom is -0.493 e. The highest BCUT2D eigenvalue weighted by Crippen LogP contribution is 2.31. The number of benzene rings is 3. The van der Waals surface area contributed by atoms with E-state index in [9.17, 15) is 10.1 Å². The zero-order chi connectivity index (χ0) is 25.9. The van der Waals surface area contributed by atoms with Crippen LogP contribution in [0.2, 0.25) is 0 Å². The smallest absolute Gasteiger partial charge is 0.336 e. The molecule has 0 saturated carbocycles. The van der Waals surface area contributed by atoms with Gasteiger partial charge in [-0.05, 0) is 78.2 Å². The Labute approximate surface area is 210 Å². The largest absolute Gasteiger partial charge is 0.493 e. The number of allylic oxidation sites excluding steroid dienone is 1. The van der Waals surface area contributed by atoms with E-state index in [2.05, 4.69) is 6.07 Å². The lowest BCUT2D eigenvalue weighted by molar-refractivity contribution is -0.128. The molecule has 0 aliphatic heterocycles. The molecule has 0 atom stereocenters. The summed E-state index contributed by atoms with van der Waals surface area (Å²) in [5.74, 6) is 2.13. The first kappa shape index (κ1) is 25.9. The van der Waals surface area contributed by atoms with E-state index in [1.807, 2.05) is 19.1 Å². The lowest BCUT2D eigenvalue weighted by atomic mass is 10.0. The highest BCUT2D eigenvalue weighted by atomic mass is 16.5. The summed E-state index contributed by atoms with van der Waals surface area (Å²) in [5, 5.41) is 9.71. The first-order chi connectivity index (χ1) is 17.5. The number of nitrogens with zero attached hydrogens (tertiary/aromatic N) is 1. The Hall–Kier alpha value is -4.70. The first-order valence-electron chi connectivity index (χ1n) is 11.2. The summed E-state index contributed by atoms with van der Waals surface area (Å²) < 4.78 is 26.9. The van der Waals surface area contributed by atoms with Crippen molar-refractivity contribution in [2.24, 2.45) is 0 Å². The van der Waals surface area contributed by atoms with Crippen molar-refractivity contribution in [3.8, 4) is 34.8 Å².